The van der Waals surface area contributed by atoms with Crippen molar-refractivity contribution in [2.24, 2.45) is 0 Å². The second kappa shape index (κ2) is 6.10. The van der Waals surface area contributed by atoms with Gasteiger partial charge in [0.1, 0.15) is 0 Å². The Bertz CT molecular complexity index is 449. The normalized spacial score (nSPS) is 18.7. The van der Waals surface area contributed by atoms with Crippen LogP contribution < -0.4 is 5.32 Å². The number of hydrogen-bond acceptors (Lipinski definition) is 4. The molecule has 0 spiro atoms. The summed E-state index contributed by atoms with van der Waals surface area (Å²) in [4.78, 5) is 22.2. The third kappa shape index (κ3) is 3.50. The summed E-state index contributed by atoms with van der Waals surface area (Å²) < 4.78 is 0. The number of carbonyl (C=O) groups excluding carboxylic acids is 1. The van der Waals surface area contributed by atoms with E-state index in [1.807, 2.05) is 11.8 Å². The van der Waals surface area contributed by atoms with Crippen LogP contribution in [0.5, 0.6) is 0 Å². The van der Waals surface area contributed by atoms with Crippen LogP contribution in [0.15, 0.2) is 12.4 Å². The van der Waals surface area contributed by atoms with E-state index in [-0.39, 0.29) is 18.0 Å². The van der Waals surface area contributed by atoms with Gasteiger partial charge in [-0.1, -0.05) is 0 Å². The van der Waals surface area contributed by atoms with Crippen molar-refractivity contribution >= 4 is 5.91 Å². The fourth-order valence-corrected chi connectivity index (χ4v) is 2.63. The van der Waals surface area contributed by atoms with Gasteiger partial charge in [0.15, 0.2) is 0 Å². The number of carbonyl (C=O) groups is 1. The molecule has 0 aromatic carbocycles. The van der Waals surface area contributed by atoms with Crippen LogP contribution in [0, 0.1) is 6.92 Å². The highest BCUT2D eigenvalue weighted by atomic mass is 16.2. The van der Waals surface area contributed by atoms with Crippen molar-refractivity contribution < 1.29 is 4.79 Å². The number of aromatic nitrogens is 2. The Morgan fingerprint density at radius 1 is 1.37 bits per heavy atom. The highest BCUT2D eigenvalue weighted by Crippen LogP contribution is 2.14. The number of amides is 1. The second-order valence-corrected chi connectivity index (χ2v) is 5.26. The first-order valence-corrected chi connectivity index (χ1v) is 6.89. The van der Waals surface area contributed by atoms with Gasteiger partial charge in [0.25, 0.3) is 0 Å². The molecule has 0 aliphatic carbocycles. The van der Waals surface area contributed by atoms with E-state index in [9.17, 15) is 4.79 Å². The predicted octanol–water partition coefficient (Wildman–Crippen LogP) is 1.45. The number of aryl methyl sites for hydroxylation is 1. The molecule has 1 fully saturated rings. The van der Waals surface area contributed by atoms with E-state index in [1.54, 1.807) is 12.4 Å². The van der Waals surface area contributed by atoms with E-state index in [4.69, 9.17) is 0 Å². The third-order valence-electron chi connectivity index (χ3n) is 3.53. The highest BCUT2D eigenvalue weighted by molar-refractivity contribution is 5.78. The molecule has 0 bridgehead atoms. The van der Waals surface area contributed by atoms with E-state index in [2.05, 4.69) is 29.1 Å². The van der Waals surface area contributed by atoms with Gasteiger partial charge in [0.05, 0.1) is 11.4 Å². The molecule has 1 amide bonds. The number of nitrogens with one attached hydrogen (secondary N) is 1. The Labute approximate surface area is 114 Å². The molecule has 2 rings (SSSR count). The van der Waals surface area contributed by atoms with Gasteiger partial charge in [-0.3, -0.25) is 14.8 Å². The monoisotopic (exact) mass is 262 g/mol. The molecule has 1 N–H and O–H groups in total. The Morgan fingerprint density at radius 2 is 2.11 bits per heavy atom. The number of hydrogen-bond donors (Lipinski definition) is 1. The highest BCUT2D eigenvalue weighted by Gasteiger charge is 2.22. The third-order valence-corrected chi connectivity index (χ3v) is 3.53. The van der Waals surface area contributed by atoms with Crippen molar-refractivity contribution in [2.75, 3.05) is 13.1 Å². The minimum Gasteiger partial charge on any atom is -0.341 e. The standard InChI is InChI=1S/C14H22N4O/c1-10(9-18-8-4-5-13(18)19)17-12(3)14-11(2)15-6-7-16-14/h6-7,10,12,17H,4-5,8-9H2,1-3H3. The SMILES string of the molecule is Cc1nccnc1C(C)NC(C)CN1CCCC1=O. The van der Waals surface area contributed by atoms with E-state index in [0.717, 1.165) is 30.9 Å². The minimum absolute atomic E-state index is 0.140. The fourth-order valence-electron chi connectivity index (χ4n) is 2.63. The minimum atomic E-state index is 0.140. The summed E-state index contributed by atoms with van der Waals surface area (Å²) in [6, 6.07) is 0.389. The van der Waals surface area contributed by atoms with Gasteiger partial charge < -0.3 is 10.2 Å². The lowest BCUT2D eigenvalue weighted by Crippen LogP contribution is -2.41. The Hall–Kier alpha value is -1.49. The molecule has 2 atom stereocenters. The summed E-state index contributed by atoms with van der Waals surface area (Å²) in [7, 11) is 0. The molecule has 0 saturated carbocycles. The van der Waals surface area contributed by atoms with Crippen LogP contribution >= 0.6 is 0 Å². The van der Waals surface area contributed by atoms with Crippen LogP contribution in [0.25, 0.3) is 0 Å². The summed E-state index contributed by atoms with van der Waals surface area (Å²) in [6.45, 7) is 7.81. The molecular formula is C14H22N4O. The van der Waals surface area contributed by atoms with Gasteiger partial charge in [0.2, 0.25) is 5.91 Å². The van der Waals surface area contributed by atoms with Crippen LogP contribution in [-0.4, -0.2) is 39.9 Å². The summed E-state index contributed by atoms with van der Waals surface area (Å²) in [5.74, 6) is 0.275. The lowest BCUT2D eigenvalue weighted by Gasteiger charge is -2.25. The quantitative estimate of drug-likeness (QED) is 0.872. The van der Waals surface area contributed by atoms with E-state index in [1.165, 1.54) is 0 Å². The Morgan fingerprint density at radius 3 is 2.74 bits per heavy atom. The maximum absolute atomic E-state index is 11.6. The van der Waals surface area contributed by atoms with Crippen molar-refractivity contribution in [1.82, 2.24) is 20.2 Å². The van der Waals surface area contributed by atoms with Crippen LogP contribution in [0.4, 0.5) is 0 Å². The first-order chi connectivity index (χ1) is 9.08. The van der Waals surface area contributed by atoms with Crippen molar-refractivity contribution in [3.63, 3.8) is 0 Å². The summed E-state index contributed by atoms with van der Waals surface area (Å²) in [6.07, 6.45) is 5.11. The van der Waals surface area contributed by atoms with Gasteiger partial charge in [-0.25, -0.2) is 0 Å². The van der Waals surface area contributed by atoms with Crippen molar-refractivity contribution in [3.8, 4) is 0 Å². The second-order valence-electron chi connectivity index (χ2n) is 5.26. The summed E-state index contributed by atoms with van der Waals surface area (Å²) in [5, 5.41) is 3.49. The molecule has 1 aliphatic rings. The van der Waals surface area contributed by atoms with Crippen LogP contribution in [0.2, 0.25) is 0 Å². The molecule has 5 nitrogen and oxygen atoms in total. The smallest absolute Gasteiger partial charge is 0.222 e. The zero-order valence-electron chi connectivity index (χ0n) is 11.9. The molecule has 1 aromatic heterocycles. The van der Waals surface area contributed by atoms with Gasteiger partial charge in [0, 0.05) is 44.0 Å². The molecule has 1 aliphatic heterocycles. The first kappa shape index (κ1) is 13.9. The Kier molecular flexibility index (Phi) is 4.47. The number of rotatable bonds is 5. The van der Waals surface area contributed by atoms with E-state index < -0.39 is 0 Å². The molecule has 5 heteroatoms. The van der Waals surface area contributed by atoms with Gasteiger partial charge in [-0.15, -0.1) is 0 Å². The average molecular weight is 262 g/mol. The van der Waals surface area contributed by atoms with Crippen molar-refractivity contribution in [2.45, 2.75) is 45.7 Å². The van der Waals surface area contributed by atoms with Crippen molar-refractivity contribution in [3.05, 3.63) is 23.8 Å². The molecule has 2 heterocycles. The zero-order valence-corrected chi connectivity index (χ0v) is 11.9. The van der Waals surface area contributed by atoms with Gasteiger partial charge in [-0.2, -0.15) is 0 Å². The molecule has 0 radical (unpaired) electrons. The van der Waals surface area contributed by atoms with Crippen LogP contribution in [-0.2, 0) is 4.79 Å². The molecule has 19 heavy (non-hydrogen) atoms. The molecule has 2 unspecified atom stereocenters. The Balaban J connectivity index is 1.90. The van der Waals surface area contributed by atoms with Gasteiger partial charge >= 0.3 is 0 Å². The lowest BCUT2D eigenvalue weighted by atomic mass is 10.1. The summed E-state index contributed by atoms with van der Waals surface area (Å²) in [5.41, 5.74) is 1.93. The largest absolute Gasteiger partial charge is 0.341 e. The lowest BCUT2D eigenvalue weighted by molar-refractivity contribution is -0.127. The molecule has 1 saturated heterocycles. The maximum Gasteiger partial charge on any atom is 0.222 e. The summed E-state index contributed by atoms with van der Waals surface area (Å²) >= 11 is 0. The first-order valence-electron chi connectivity index (χ1n) is 6.89. The zero-order chi connectivity index (χ0) is 13.8. The molecule has 104 valence electrons. The van der Waals surface area contributed by atoms with E-state index in [0.29, 0.717) is 6.42 Å². The topological polar surface area (TPSA) is 58.1 Å². The number of nitrogens with zero attached hydrogens (tertiary/aromatic N) is 3. The van der Waals surface area contributed by atoms with Crippen molar-refractivity contribution in [1.29, 1.82) is 0 Å². The maximum atomic E-state index is 11.6. The van der Waals surface area contributed by atoms with Crippen LogP contribution in [0.1, 0.15) is 44.1 Å². The predicted molar refractivity (Wildman–Crippen MR) is 73.6 cm³/mol. The molecular weight excluding hydrogens is 240 g/mol. The van der Waals surface area contributed by atoms with E-state index >= 15 is 0 Å². The van der Waals surface area contributed by atoms with Crippen LogP contribution in [0.3, 0.4) is 0 Å². The molecule has 1 aromatic rings. The average Bonchev–Trinajstić information content (AvgIpc) is 2.75. The number of likely N-dealkylation sites (tertiary alicyclic amines) is 1. The fraction of sp³-hybridized carbons (Fsp3) is 0.643. The van der Waals surface area contributed by atoms with Gasteiger partial charge in [-0.05, 0) is 27.2 Å².